The van der Waals surface area contributed by atoms with Gasteiger partial charge in [-0.15, -0.1) is 0 Å². The Morgan fingerprint density at radius 1 is 1.33 bits per heavy atom. The summed E-state index contributed by atoms with van der Waals surface area (Å²) in [4.78, 5) is 10.2. The van der Waals surface area contributed by atoms with Gasteiger partial charge in [-0.1, -0.05) is 35.9 Å². The number of aliphatic carboxylic acids is 1. The van der Waals surface area contributed by atoms with Crippen molar-refractivity contribution in [2.24, 2.45) is 0 Å². The van der Waals surface area contributed by atoms with Gasteiger partial charge in [-0.05, 0) is 30.5 Å². The van der Waals surface area contributed by atoms with Crippen LogP contribution in [0.15, 0.2) is 30.3 Å². The molecule has 3 heteroatoms. The van der Waals surface area contributed by atoms with E-state index < -0.39 is 5.97 Å². The molecule has 0 radical (unpaired) electrons. The van der Waals surface area contributed by atoms with Gasteiger partial charge < -0.3 is 5.11 Å². The van der Waals surface area contributed by atoms with E-state index in [2.05, 4.69) is 0 Å². The van der Waals surface area contributed by atoms with Gasteiger partial charge in [0.1, 0.15) is 0 Å². The standard InChI is InChI=1S/C12H13ClO2/c13-11-8-6-10(7-9-11)4-2-1-3-5-12(14)15/h2,4,6-9H,1,3,5H2,(H,14,15)/b4-2+. The number of unbranched alkanes of at least 4 members (excludes halogenated alkanes) is 1. The second kappa shape index (κ2) is 6.25. The van der Waals surface area contributed by atoms with Crippen LogP contribution in [0.4, 0.5) is 0 Å². The van der Waals surface area contributed by atoms with Crippen LogP contribution in [0, 0.1) is 0 Å². The summed E-state index contributed by atoms with van der Waals surface area (Å²) in [6.07, 6.45) is 5.64. The van der Waals surface area contributed by atoms with Crippen molar-refractivity contribution in [3.05, 3.63) is 40.9 Å². The Morgan fingerprint density at radius 2 is 2.00 bits per heavy atom. The topological polar surface area (TPSA) is 37.3 Å². The summed E-state index contributed by atoms with van der Waals surface area (Å²) in [7, 11) is 0. The number of hydrogen-bond donors (Lipinski definition) is 1. The first-order chi connectivity index (χ1) is 7.18. The number of carboxylic acids is 1. The Labute approximate surface area is 94.2 Å². The Hall–Kier alpha value is -1.28. The summed E-state index contributed by atoms with van der Waals surface area (Å²) < 4.78 is 0. The van der Waals surface area contributed by atoms with Crippen LogP contribution in [-0.4, -0.2) is 11.1 Å². The number of halogens is 1. The van der Waals surface area contributed by atoms with Gasteiger partial charge in [0.15, 0.2) is 0 Å². The Morgan fingerprint density at radius 3 is 2.60 bits per heavy atom. The fraction of sp³-hybridized carbons (Fsp3) is 0.250. The molecule has 0 unspecified atom stereocenters. The Bertz CT molecular complexity index is 341. The summed E-state index contributed by atoms with van der Waals surface area (Å²) in [5, 5.41) is 9.14. The van der Waals surface area contributed by atoms with E-state index in [0.717, 1.165) is 17.0 Å². The van der Waals surface area contributed by atoms with Gasteiger partial charge in [-0.25, -0.2) is 0 Å². The fourth-order valence-electron chi connectivity index (χ4n) is 1.16. The predicted octanol–water partition coefficient (Wildman–Crippen LogP) is 3.61. The van der Waals surface area contributed by atoms with Crippen LogP contribution in [0.5, 0.6) is 0 Å². The second-order valence-electron chi connectivity index (χ2n) is 3.24. The lowest BCUT2D eigenvalue weighted by Gasteiger charge is -1.94. The molecule has 0 aromatic heterocycles. The van der Waals surface area contributed by atoms with Crippen molar-refractivity contribution in [3.8, 4) is 0 Å². The number of carboxylic acid groups (broad SMARTS) is 1. The van der Waals surface area contributed by atoms with Crippen LogP contribution in [0.1, 0.15) is 24.8 Å². The smallest absolute Gasteiger partial charge is 0.303 e. The average molecular weight is 225 g/mol. The minimum absolute atomic E-state index is 0.227. The van der Waals surface area contributed by atoms with E-state index in [-0.39, 0.29) is 6.42 Å². The van der Waals surface area contributed by atoms with Crippen LogP contribution in [-0.2, 0) is 4.79 Å². The van der Waals surface area contributed by atoms with Crippen molar-refractivity contribution < 1.29 is 9.90 Å². The SMILES string of the molecule is O=C(O)CCC/C=C/c1ccc(Cl)cc1. The largest absolute Gasteiger partial charge is 0.481 e. The molecule has 0 fully saturated rings. The van der Waals surface area contributed by atoms with Crippen molar-refractivity contribution in [1.82, 2.24) is 0 Å². The second-order valence-corrected chi connectivity index (χ2v) is 3.68. The number of rotatable bonds is 5. The van der Waals surface area contributed by atoms with Crippen molar-refractivity contribution in [1.29, 1.82) is 0 Å². The molecule has 0 aliphatic rings. The fourth-order valence-corrected chi connectivity index (χ4v) is 1.29. The normalized spacial score (nSPS) is 10.7. The maximum Gasteiger partial charge on any atom is 0.303 e. The number of hydrogen-bond acceptors (Lipinski definition) is 1. The molecule has 0 amide bonds. The van der Waals surface area contributed by atoms with Gasteiger partial charge >= 0.3 is 5.97 Å². The average Bonchev–Trinajstić information content (AvgIpc) is 2.20. The highest BCUT2D eigenvalue weighted by Crippen LogP contribution is 2.11. The van der Waals surface area contributed by atoms with Gasteiger partial charge in [0, 0.05) is 11.4 Å². The van der Waals surface area contributed by atoms with Crippen LogP contribution >= 0.6 is 11.6 Å². The zero-order valence-electron chi connectivity index (χ0n) is 8.32. The molecule has 0 spiro atoms. The van der Waals surface area contributed by atoms with E-state index in [4.69, 9.17) is 16.7 Å². The highest BCUT2D eigenvalue weighted by atomic mass is 35.5. The predicted molar refractivity (Wildman–Crippen MR) is 62.0 cm³/mol. The molecule has 0 atom stereocenters. The lowest BCUT2D eigenvalue weighted by molar-refractivity contribution is -0.137. The number of carbonyl (C=O) groups is 1. The van der Waals surface area contributed by atoms with E-state index in [9.17, 15) is 4.79 Å². The third-order valence-electron chi connectivity index (χ3n) is 1.94. The number of allylic oxidation sites excluding steroid dienone is 1. The maximum atomic E-state index is 10.2. The summed E-state index contributed by atoms with van der Waals surface area (Å²) in [5.74, 6) is -0.741. The molecule has 0 bridgehead atoms. The lowest BCUT2D eigenvalue weighted by atomic mass is 10.1. The van der Waals surface area contributed by atoms with Crippen LogP contribution in [0.3, 0.4) is 0 Å². The van der Waals surface area contributed by atoms with Crippen LogP contribution in [0.25, 0.3) is 6.08 Å². The zero-order valence-corrected chi connectivity index (χ0v) is 9.07. The van der Waals surface area contributed by atoms with Crippen molar-refractivity contribution >= 4 is 23.6 Å². The lowest BCUT2D eigenvalue weighted by Crippen LogP contribution is -1.92. The molecule has 80 valence electrons. The quantitative estimate of drug-likeness (QED) is 0.776. The third kappa shape index (κ3) is 5.23. The van der Waals surface area contributed by atoms with E-state index in [1.54, 1.807) is 0 Å². The molecule has 1 rings (SSSR count). The molecule has 0 heterocycles. The molecule has 1 aromatic rings. The Balaban J connectivity index is 2.32. The molecule has 0 aliphatic heterocycles. The number of benzene rings is 1. The molecule has 1 aromatic carbocycles. The first-order valence-electron chi connectivity index (χ1n) is 4.82. The molecule has 15 heavy (non-hydrogen) atoms. The minimum atomic E-state index is -0.741. The summed E-state index contributed by atoms with van der Waals surface area (Å²) in [6, 6.07) is 7.52. The van der Waals surface area contributed by atoms with E-state index >= 15 is 0 Å². The monoisotopic (exact) mass is 224 g/mol. The van der Waals surface area contributed by atoms with Gasteiger partial charge in [0.2, 0.25) is 0 Å². The van der Waals surface area contributed by atoms with Crippen molar-refractivity contribution in [2.75, 3.05) is 0 Å². The van der Waals surface area contributed by atoms with Gasteiger partial charge in [-0.2, -0.15) is 0 Å². The molecule has 1 N–H and O–H groups in total. The van der Waals surface area contributed by atoms with Gasteiger partial charge in [0.25, 0.3) is 0 Å². The van der Waals surface area contributed by atoms with Crippen LogP contribution < -0.4 is 0 Å². The highest BCUT2D eigenvalue weighted by molar-refractivity contribution is 6.30. The molecule has 0 saturated carbocycles. The van der Waals surface area contributed by atoms with Crippen molar-refractivity contribution in [3.63, 3.8) is 0 Å². The summed E-state index contributed by atoms with van der Waals surface area (Å²) >= 11 is 5.74. The Kier molecular flexibility index (Phi) is 4.91. The molecule has 2 nitrogen and oxygen atoms in total. The van der Waals surface area contributed by atoms with E-state index in [1.165, 1.54) is 0 Å². The first kappa shape index (κ1) is 11.8. The van der Waals surface area contributed by atoms with E-state index in [1.807, 2.05) is 36.4 Å². The molecular weight excluding hydrogens is 212 g/mol. The summed E-state index contributed by atoms with van der Waals surface area (Å²) in [5.41, 5.74) is 1.08. The van der Waals surface area contributed by atoms with Gasteiger partial charge in [-0.3, -0.25) is 4.79 Å². The van der Waals surface area contributed by atoms with E-state index in [0.29, 0.717) is 6.42 Å². The zero-order chi connectivity index (χ0) is 11.1. The van der Waals surface area contributed by atoms with Gasteiger partial charge in [0.05, 0.1) is 0 Å². The minimum Gasteiger partial charge on any atom is -0.481 e. The molecule has 0 aliphatic carbocycles. The maximum absolute atomic E-state index is 10.2. The first-order valence-corrected chi connectivity index (χ1v) is 5.20. The summed E-state index contributed by atoms with van der Waals surface area (Å²) in [6.45, 7) is 0. The third-order valence-corrected chi connectivity index (χ3v) is 2.19. The molecular formula is C12H13ClO2. The van der Waals surface area contributed by atoms with Crippen LogP contribution in [0.2, 0.25) is 5.02 Å². The molecule has 0 saturated heterocycles. The highest BCUT2D eigenvalue weighted by Gasteiger charge is 1.93. The van der Waals surface area contributed by atoms with Crippen molar-refractivity contribution in [2.45, 2.75) is 19.3 Å².